The van der Waals surface area contributed by atoms with Crippen LogP contribution in [0.1, 0.15) is 35.0 Å². The van der Waals surface area contributed by atoms with E-state index in [2.05, 4.69) is 47.1 Å². The van der Waals surface area contributed by atoms with Crippen molar-refractivity contribution in [3.63, 3.8) is 0 Å². The number of nitrogens with zero attached hydrogens (tertiary/aromatic N) is 3. The van der Waals surface area contributed by atoms with Crippen LogP contribution >= 0.6 is 0 Å². The van der Waals surface area contributed by atoms with E-state index in [4.69, 9.17) is 0 Å². The fraction of sp³-hybridized carbons (Fsp3) is 0.250. The standard InChI is InChI=1S/C24H23N3O/c1-17-15-19-8-3-5-11-23(19)27(17)24(28)21-13-12-20(16-25-21)26-14-6-9-18-7-2-4-10-22(18)26/h2-5,7-8,10-13,16-17H,6,9,14-15H2,1H3. The Morgan fingerprint density at radius 3 is 2.50 bits per heavy atom. The molecular weight excluding hydrogens is 346 g/mol. The molecule has 1 atom stereocenters. The number of fused-ring (bicyclic) bond motifs is 2. The maximum absolute atomic E-state index is 13.2. The largest absolute Gasteiger partial charge is 0.340 e. The van der Waals surface area contributed by atoms with Crippen molar-refractivity contribution < 1.29 is 4.79 Å². The molecule has 3 heterocycles. The van der Waals surface area contributed by atoms with Crippen LogP contribution < -0.4 is 9.80 Å². The molecule has 0 spiro atoms. The third kappa shape index (κ3) is 2.76. The Balaban J connectivity index is 1.43. The lowest BCUT2D eigenvalue weighted by Gasteiger charge is -2.31. The average Bonchev–Trinajstić information content (AvgIpc) is 3.08. The number of carbonyl (C=O) groups is 1. The summed E-state index contributed by atoms with van der Waals surface area (Å²) in [7, 11) is 0. The fourth-order valence-corrected chi connectivity index (χ4v) is 4.47. The second-order valence-corrected chi connectivity index (χ2v) is 7.64. The molecule has 0 saturated heterocycles. The van der Waals surface area contributed by atoms with Gasteiger partial charge in [-0.15, -0.1) is 0 Å². The molecule has 0 fully saturated rings. The minimum Gasteiger partial charge on any atom is -0.340 e. The van der Waals surface area contributed by atoms with Crippen LogP contribution in [0.15, 0.2) is 66.9 Å². The van der Waals surface area contributed by atoms with Crippen molar-refractivity contribution in [3.8, 4) is 0 Å². The fourth-order valence-electron chi connectivity index (χ4n) is 4.47. The second-order valence-electron chi connectivity index (χ2n) is 7.64. The summed E-state index contributed by atoms with van der Waals surface area (Å²) in [5, 5.41) is 0. The van der Waals surface area contributed by atoms with Crippen molar-refractivity contribution in [2.45, 2.75) is 32.2 Å². The smallest absolute Gasteiger partial charge is 0.277 e. The monoisotopic (exact) mass is 369 g/mol. The van der Waals surface area contributed by atoms with Crippen LogP contribution in [0.4, 0.5) is 17.1 Å². The molecule has 4 nitrogen and oxygen atoms in total. The molecule has 1 amide bonds. The van der Waals surface area contributed by atoms with Crippen molar-refractivity contribution in [1.82, 2.24) is 4.98 Å². The van der Waals surface area contributed by atoms with Crippen molar-refractivity contribution in [2.24, 2.45) is 0 Å². The van der Waals surface area contributed by atoms with Crippen molar-refractivity contribution in [3.05, 3.63) is 83.7 Å². The van der Waals surface area contributed by atoms with E-state index in [9.17, 15) is 4.79 Å². The molecule has 0 bridgehead atoms. The Morgan fingerprint density at radius 1 is 0.964 bits per heavy atom. The van der Waals surface area contributed by atoms with Crippen LogP contribution in [0.25, 0.3) is 0 Å². The van der Waals surface area contributed by atoms with Crippen molar-refractivity contribution in [2.75, 3.05) is 16.3 Å². The van der Waals surface area contributed by atoms with Crippen LogP contribution in [-0.4, -0.2) is 23.5 Å². The number of para-hydroxylation sites is 2. The third-order valence-electron chi connectivity index (χ3n) is 5.81. The summed E-state index contributed by atoms with van der Waals surface area (Å²) in [6.45, 7) is 3.07. The van der Waals surface area contributed by atoms with Gasteiger partial charge in [0.05, 0.1) is 11.9 Å². The molecule has 4 heteroatoms. The number of aromatic nitrogens is 1. The summed E-state index contributed by atoms with van der Waals surface area (Å²) in [5.74, 6) is -0.0250. The lowest BCUT2D eigenvalue weighted by Crippen LogP contribution is -2.36. The Kier molecular flexibility index (Phi) is 4.12. The van der Waals surface area contributed by atoms with Gasteiger partial charge in [-0.05, 0) is 61.6 Å². The molecule has 0 aliphatic carbocycles. The van der Waals surface area contributed by atoms with Gasteiger partial charge >= 0.3 is 0 Å². The van der Waals surface area contributed by atoms with E-state index >= 15 is 0 Å². The van der Waals surface area contributed by atoms with Crippen LogP contribution in [0, 0.1) is 0 Å². The molecule has 2 aromatic carbocycles. The maximum Gasteiger partial charge on any atom is 0.277 e. The van der Waals surface area contributed by atoms with E-state index in [1.807, 2.05) is 41.4 Å². The first kappa shape index (κ1) is 17.0. The zero-order valence-corrected chi connectivity index (χ0v) is 16.0. The first-order valence-electron chi connectivity index (χ1n) is 9.95. The normalized spacial score (nSPS) is 18.0. The Hall–Kier alpha value is -3.14. The van der Waals surface area contributed by atoms with E-state index in [1.165, 1.54) is 16.8 Å². The maximum atomic E-state index is 13.2. The van der Waals surface area contributed by atoms with Gasteiger partial charge in [0.1, 0.15) is 5.69 Å². The molecule has 140 valence electrons. The Morgan fingerprint density at radius 2 is 1.71 bits per heavy atom. The molecule has 0 radical (unpaired) electrons. The summed E-state index contributed by atoms with van der Waals surface area (Å²) in [6.07, 6.45) is 4.97. The SMILES string of the molecule is CC1Cc2ccccc2N1C(=O)c1ccc(N2CCCc3ccccc32)cn1. The van der Waals surface area contributed by atoms with Gasteiger partial charge in [0.2, 0.25) is 0 Å². The van der Waals surface area contributed by atoms with Gasteiger partial charge in [0.15, 0.2) is 0 Å². The van der Waals surface area contributed by atoms with Gasteiger partial charge in [-0.2, -0.15) is 0 Å². The predicted octanol–water partition coefficient (Wildman–Crippen LogP) is 4.76. The molecule has 1 aromatic heterocycles. The van der Waals surface area contributed by atoms with Crippen LogP contribution in [0.5, 0.6) is 0 Å². The predicted molar refractivity (Wildman–Crippen MR) is 112 cm³/mol. The molecular formula is C24H23N3O. The number of rotatable bonds is 2. The molecule has 2 aliphatic rings. The molecule has 1 unspecified atom stereocenters. The average molecular weight is 369 g/mol. The van der Waals surface area contributed by atoms with Crippen LogP contribution in [0.2, 0.25) is 0 Å². The van der Waals surface area contributed by atoms with E-state index in [-0.39, 0.29) is 11.9 Å². The van der Waals surface area contributed by atoms with E-state index in [1.54, 1.807) is 0 Å². The zero-order valence-electron chi connectivity index (χ0n) is 16.0. The van der Waals surface area contributed by atoms with Gasteiger partial charge < -0.3 is 9.80 Å². The van der Waals surface area contributed by atoms with Gasteiger partial charge in [-0.25, -0.2) is 4.98 Å². The minimum absolute atomic E-state index is 0.0250. The van der Waals surface area contributed by atoms with Crippen molar-refractivity contribution in [1.29, 1.82) is 0 Å². The molecule has 2 aliphatic heterocycles. The highest BCUT2D eigenvalue weighted by Gasteiger charge is 2.31. The van der Waals surface area contributed by atoms with Gasteiger partial charge in [-0.3, -0.25) is 4.79 Å². The van der Waals surface area contributed by atoms with E-state index < -0.39 is 0 Å². The number of hydrogen-bond acceptors (Lipinski definition) is 3. The number of hydrogen-bond donors (Lipinski definition) is 0. The van der Waals surface area contributed by atoms with Crippen molar-refractivity contribution >= 4 is 23.0 Å². The zero-order chi connectivity index (χ0) is 19.1. The highest BCUT2D eigenvalue weighted by molar-refractivity contribution is 6.06. The lowest BCUT2D eigenvalue weighted by molar-refractivity contribution is 0.0976. The Labute approximate surface area is 165 Å². The minimum atomic E-state index is -0.0250. The summed E-state index contributed by atoms with van der Waals surface area (Å²) in [4.78, 5) is 21.9. The third-order valence-corrected chi connectivity index (χ3v) is 5.81. The highest BCUT2D eigenvalue weighted by atomic mass is 16.2. The number of pyridine rings is 1. The summed E-state index contributed by atoms with van der Waals surface area (Å²) in [5.41, 5.74) is 6.39. The molecule has 0 N–H and O–H groups in total. The van der Waals surface area contributed by atoms with Crippen LogP contribution in [-0.2, 0) is 12.8 Å². The quantitative estimate of drug-likeness (QED) is 0.654. The van der Waals surface area contributed by atoms with E-state index in [0.29, 0.717) is 5.69 Å². The second kappa shape index (κ2) is 6.79. The van der Waals surface area contributed by atoms with Gasteiger partial charge in [-0.1, -0.05) is 36.4 Å². The number of benzene rings is 2. The Bertz CT molecular complexity index is 1030. The molecule has 3 aromatic rings. The summed E-state index contributed by atoms with van der Waals surface area (Å²) < 4.78 is 0. The summed E-state index contributed by atoms with van der Waals surface area (Å²) in [6, 6.07) is 20.7. The summed E-state index contributed by atoms with van der Waals surface area (Å²) >= 11 is 0. The molecule has 28 heavy (non-hydrogen) atoms. The van der Waals surface area contributed by atoms with Gasteiger partial charge in [0.25, 0.3) is 5.91 Å². The highest BCUT2D eigenvalue weighted by Crippen LogP contribution is 2.34. The van der Waals surface area contributed by atoms with Crippen LogP contribution in [0.3, 0.4) is 0 Å². The lowest BCUT2D eigenvalue weighted by atomic mass is 10.0. The van der Waals surface area contributed by atoms with E-state index in [0.717, 1.165) is 37.2 Å². The van der Waals surface area contributed by atoms with Gasteiger partial charge in [0, 0.05) is 24.0 Å². The molecule has 0 saturated carbocycles. The number of aryl methyl sites for hydroxylation is 1. The molecule has 5 rings (SSSR count). The number of anilines is 3. The number of carbonyl (C=O) groups excluding carboxylic acids is 1. The topological polar surface area (TPSA) is 36.4 Å². The first-order chi connectivity index (χ1) is 13.7. The number of amides is 1. The first-order valence-corrected chi connectivity index (χ1v) is 9.95.